The van der Waals surface area contributed by atoms with Crippen LogP contribution in [0.1, 0.15) is 12.0 Å². The largest absolute Gasteiger partial charge is 0.391 e. The summed E-state index contributed by atoms with van der Waals surface area (Å²) in [7, 11) is 1.54. The highest BCUT2D eigenvalue weighted by Crippen LogP contribution is 2.15. The molecule has 3 N–H and O–H groups in total. The molecule has 0 heterocycles. The number of carbonyl (C=O) groups is 1. The van der Waals surface area contributed by atoms with Crippen LogP contribution in [0.4, 0.5) is 4.79 Å². The highest BCUT2D eigenvalue weighted by atomic mass is 16.5. The lowest BCUT2D eigenvalue weighted by atomic mass is 10.1. The number of carbonyl (C=O) groups excluding carboxylic acids is 1. The van der Waals surface area contributed by atoms with Crippen LogP contribution in [0.25, 0.3) is 10.8 Å². The molecule has 1 atom stereocenters. The summed E-state index contributed by atoms with van der Waals surface area (Å²) < 4.78 is 4.83. The number of urea groups is 1. The van der Waals surface area contributed by atoms with Crippen molar-refractivity contribution >= 4 is 16.8 Å². The maximum Gasteiger partial charge on any atom is 0.314 e. The van der Waals surface area contributed by atoms with Crippen molar-refractivity contribution in [2.75, 3.05) is 26.8 Å². The van der Waals surface area contributed by atoms with Crippen LogP contribution < -0.4 is 10.6 Å². The monoisotopic (exact) mass is 316 g/mol. The van der Waals surface area contributed by atoms with Gasteiger partial charge in [-0.2, -0.15) is 0 Å². The molecule has 0 fully saturated rings. The van der Waals surface area contributed by atoms with Crippen molar-refractivity contribution in [1.29, 1.82) is 0 Å². The second kappa shape index (κ2) is 9.12. The molecule has 0 saturated heterocycles. The zero-order valence-corrected chi connectivity index (χ0v) is 13.4. The van der Waals surface area contributed by atoms with E-state index in [4.69, 9.17) is 4.74 Å². The van der Waals surface area contributed by atoms with Crippen molar-refractivity contribution in [3.63, 3.8) is 0 Å². The third kappa shape index (κ3) is 5.88. The maximum atomic E-state index is 11.6. The van der Waals surface area contributed by atoms with E-state index in [1.807, 2.05) is 12.1 Å². The van der Waals surface area contributed by atoms with Crippen molar-refractivity contribution < 1.29 is 14.6 Å². The molecule has 0 aliphatic heterocycles. The first-order valence-electron chi connectivity index (χ1n) is 7.85. The quantitative estimate of drug-likeness (QED) is 0.698. The Morgan fingerprint density at radius 2 is 1.87 bits per heavy atom. The molecule has 5 heteroatoms. The van der Waals surface area contributed by atoms with Gasteiger partial charge in [0.1, 0.15) is 0 Å². The predicted octanol–water partition coefficient (Wildman–Crippen LogP) is 2.08. The van der Waals surface area contributed by atoms with Crippen molar-refractivity contribution in [3.8, 4) is 0 Å². The Bertz CT molecular complexity index is 630. The molecule has 0 aromatic heterocycles. The van der Waals surface area contributed by atoms with Crippen molar-refractivity contribution in [3.05, 3.63) is 48.0 Å². The zero-order chi connectivity index (χ0) is 16.5. The number of fused-ring (bicyclic) bond motifs is 1. The second-order valence-corrected chi connectivity index (χ2v) is 5.51. The average molecular weight is 316 g/mol. The Morgan fingerprint density at radius 1 is 1.13 bits per heavy atom. The summed E-state index contributed by atoms with van der Waals surface area (Å²) in [5, 5.41) is 17.4. The molecular formula is C18H24N2O3. The molecule has 1 unspecified atom stereocenters. The normalized spacial score (nSPS) is 12.1. The number of rotatable bonds is 8. The molecule has 23 heavy (non-hydrogen) atoms. The maximum absolute atomic E-state index is 11.6. The van der Waals surface area contributed by atoms with E-state index < -0.39 is 6.10 Å². The minimum Gasteiger partial charge on any atom is -0.391 e. The number of methoxy groups -OCH3 is 1. The average Bonchev–Trinajstić information content (AvgIpc) is 2.55. The minimum atomic E-state index is -0.544. The summed E-state index contributed by atoms with van der Waals surface area (Å²) in [5.74, 6) is 0. The SMILES string of the molecule is COCC(O)CCNC(=O)NCCc1ccc2ccccc2c1. The van der Waals surface area contributed by atoms with Crippen LogP contribution >= 0.6 is 0 Å². The van der Waals surface area contributed by atoms with Gasteiger partial charge in [-0.1, -0.05) is 42.5 Å². The lowest BCUT2D eigenvalue weighted by Gasteiger charge is -2.11. The van der Waals surface area contributed by atoms with Gasteiger partial charge in [0.25, 0.3) is 0 Å². The topological polar surface area (TPSA) is 70.6 Å². The molecule has 0 aliphatic rings. The Kier molecular flexibility index (Phi) is 6.84. The first-order valence-corrected chi connectivity index (χ1v) is 7.85. The molecular weight excluding hydrogens is 292 g/mol. The molecule has 0 spiro atoms. The van der Waals surface area contributed by atoms with Crippen LogP contribution in [0.15, 0.2) is 42.5 Å². The van der Waals surface area contributed by atoms with E-state index in [0.717, 1.165) is 6.42 Å². The molecule has 5 nitrogen and oxygen atoms in total. The molecule has 2 aromatic rings. The standard InChI is InChI=1S/C18H24N2O3/c1-23-13-17(21)9-11-20-18(22)19-10-8-14-6-7-15-4-2-3-5-16(15)12-14/h2-7,12,17,21H,8-11,13H2,1H3,(H2,19,20,22). The summed E-state index contributed by atoms with van der Waals surface area (Å²) in [4.78, 5) is 11.6. The summed E-state index contributed by atoms with van der Waals surface area (Å²) in [6.45, 7) is 1.28. The number of nitrogens with one attached hydrogen (secondary N) is 2. The summed E-state index contributed by atoms with van der Waals surface area (Å²) in [5.41, 5.74) is 1.19. The van der Waals surface area contributed by atoms with Gasteiger partial charge in [0.15, 0.2) is 0 Å². The smallest absolute Gasteiger partial charge is 0.314 e. The van der Waals surface area contributed by atoms with E-state index in [9.17, 15) is 9.90 Å². The van der Waals surface area contributed by atoms with Crippen molar-refractivity contribution in [2.24, 2.45) is 0 Å². The summed E-state index contributed by atoms with van der Waals surface area (Å²) in [6, 6.07) is 14.3. The molecule has 0 saturated carbocycles. The third-order valence-corrected chi connectivity index (χ3v) is 3.64. The van der Waals surface area contributed by atoms with Crippen LogP contribution in [-0.4, -0.2) is 44.0 Å². The summed E-state index contributed by atoms with van der Waals surface area (Å²) in [6.07, 6.45) is 0.717. The third-order valence-electron chi connectivity index (χ3n) is 3.64. The first-order chi connectivity index (χ1) is 11.2. The summed E-state index contributed by atoms with van der Waals surface area (Å²) >= 11 is 0. The van der Waals surface area contributed by atoms with Gasteiger partial charge < -0.3 is 20.5 Å². The number of benzene rings is 2. The number of ether oxygens (including phenoxy) is 1. The van der Waals surface area contributed by atoms with E-state index in [2.05, 4.69) is 41.0 Å². The van der Waals surface area contributed by atoms with Crippen LogP contribution in [0.5, 0.6) is 0 Å². The van der Waals surface area contributed by atoms with E-state index in [-0.39, 0.29) is 12.6 Å². The Hall–Kier alpha value is -2.11. The van der Waals surface area contributed by atoms with Gasteiger partial charge in [-0.05, 0) is 29.2 Å². The lowest BCUT2D eigenvalue weighted by Crippen LogP contribution is -2.38. The fraction of sp³-hybridized carbons (Fsp3) is 0.389. The van der Waals surface area contributed by atoms with Gasteiger partial charge in [-0.25, -0.2) is 4.79 Å². The highest BCUT2D eigenvalue weighted by Gasteiger charge is 2.05. The molecule has 124 valence electrons. The molecule has 0 bridgehead atoms. The van der Waals surface area contributed by atoms with Gasteiger partial charge >= 0.3 is 6.03 Å². The lowest BCUT2D eigenvalue weighted by molar-refractivity contribution is 0.0599. The number of amides is 2. The van der Waals surface area contributed by atoms with Crippen LogP contribution in [-0.2, 0) is 11.2 Å². The van der Waals surface area contributed by atoms with E-state index in [1.165, 1.54) is 23.4 Å². The van der Waals surface area contributed by atoms with Gasteiger partial charge in [-0.15, -0.1) is 0 Å². The van der Waals surface area contributed by atoms with Crippen LogP contribution in [0.3, 0.4) is 0 Å². The van der Waals surface area contributed by atoms with Crippen LogP contribution in [0.2, 0.25) is 0 Å². The molecule has 2 rings (SSSR count). The van der Waals surface area contributed by atoms with E-state index in [0.29, 0.717) is 19.5 Å². The van der Waals surface area contributed by atoms with Gasteiger partial charge in [0.2, 0.25) is 0 Å². The van der Waals surface area contributed by atoms with Gasteiger partial charge in [0.05, 0.1) is 12.7 Å². The van der Waals surface area contributed by atoms with Gasteiger partial charge in [-0.3, -0.25) is 0 Å². The molecule has 0 radical (unpaired) electrons. The van der Waals surface area contributed by atoms with Crippen molar-refractivity contribution in [2.45, 2.75) is 18.9 Å². The van der Waals surface area contributed by atoms with E-state index >= 15 is 0 Å². The highest BCUT2D eigenvalue weighted by molar-refractivity contribution is 5.83. The second-order valence-electron chi connectivity index (χ2n) is 5.51. The Morgan fingerprint density at radius 3 is 2.65 bits per heavy atom. The van der Waals surface area contributed by atoms with Gasteiger partial charge in [0, 0.05) is 20.2 Å². The minimum absolute atomic E-state index is 0.213. The number of aliphatic hydroxyl groups is 1. The molecule has 2 amide bonds. The zero-order valence-electron chi connectivity index (χ0n) is 13.4. The Balaban J connectivity index is 1.68. The number of aliphatic hydroxyl groups excluding tert-OH is 1. The first kappa shape index (κ1) is 17.2. The number of hydrogen-bond acceptors (Lipinski definition) is 3. The van der Waals surface area contributed by atoms with Crippen molar-refractivity contribution in [1.82, 2.24) is 10.6 Å². The van der Waals surface area contributed by atoms with Crippen LogP contribution in [0, 0.1) is 0 Å². The van der Waals surface area contributed by atoms with E-state index in [1.54, 1.807) is 0 Å². The molecule has 2 aromatic carbocycles. The molecule has 0 aliphatic carbocycles. The Labute approximate surface area is 136 Å². The predicted molar refractivity (Wildman–Crippen MR) is 91.6 cm³/mol. The number of hydrogen-bond donors (Lipinski definition) is 3. The fourth-order valence-electron chi connectivity index (χ4n) is 2.41. The fourth-order valence-corrected chi connectivity index (χ4v) is 2.41.